The highest BCUT2D eigenvalue weighted by molar-refractivity contribution is 7.59. The Kier molecular flexibility index (Phi) is 11.8. The minimum Gasteiger partial charge on any atom is -0.359 e. The lowest BCUT2D eigenvalue weighted by Crippen LogP contribution is -2.38. The molecule has 0 radical (unpaired) electrons. The maximum Gasteiger partial charge on any atom is 0.262 e. The second-order valence-corrected chi connectivity index (χ2v) is 13.5. The first kappa shape index (κ1) is 33.0. The molecule has 0 fully saturated rings. The van der Waals surface area contributed by atoms with Crippen molar-refractivity contribution in [3.63, 3.8) is 0 Å². The molecule has 2 aromatic carbocycles. The molecule has 10 heteroatoms. The Hall–Kier alpha value is -3.55. The number of benzene rings is 2. The lowest BCUT2D eigenvalue weighted by Gasteiger charge is -2.27. The summed E-state index contributed by atoms with van der Waals surface area (Å²) in [7, 11) is -2.12. The number of carbonyl (C=O) groups is 4. The van der Waals surface area contributed by atoms with Gasteiger partial charge in [0.15, 0.2) is 0 Å². The molecular weight excluding hydrogens is 553 g/mol. The van der Waals surface area contributed by atoms with Crippen LogP contribution >= 0.6 is 7.37 Å². The van der Waals surface area contributed by atoms with Crippen molar-refractivity contribution in [3.8, 4) is 0 Å². The topological polar surface area (TPSA) is 122 Å². The van der Waals surface area contributed by atoms with E-state index in [0.717, 1.165) is 4.90 Å². The number of imide groups is 1. The number of amides is 4. The minimum absolute atomic E-state index is 0.0949. The summed E-state index contributed by atoms with van der Waals surface area (Å²) in [6.45, 7) is 7.80. The first-order chi connectivity index (χ1) is 20.0. The molecule has 1 aliphatic rings. The average molecular weight is 596 g/mol. The number of rotatable bonds is 15. The van der Waals surface area contributed by atoms with Gasteiger partial charge >= 0.3 is 0 Å². The van der Waals surface area contributed by atoms with Gasteiger partial charge in [0, 0.05) is 31.6 Å². The predicted molar refractivity (Wildman–Crippen MR) is 164 cm³/mol. The monoisotopic (exact) mass is 595 g/mol. The van der Waals surface area contributed by atoms with Crippen molar-refractivity contribution in [2.24, 2.45) is 17.8 Å². The van der Waals surface area contributed by atoms with Gasteiger partial charge in [-0.2, -0.15) is 0 Å². The summed E-state index contributed by atoms with van der Waals surface area (Å²) in [5.74, 6) is -2.31. The molecule has 2 unspecified atom stereocenters. The van der Waals surface area contributed by atoms with E-state index in [1.165, 1.54) is 0 Å². The molecular formula is C32H42N3O6P. The standard InChI is InChI=1S/C32H42N3O6P/c1-6-41-42(40,20-26(19-22(2)3)30(37)34-18-17-23(4)29(36)33-5)21-35-31(38)27(24-13-9-7-10-14-24)28(32(35)39)25-15-11-8-12-16-25/h7-16,22-23,26H,6,17-21H2,1-5H3,(H,33,36)(H,34,37)/t23-,26?,42?/m0/s1. The van der Waals surface area contributed by atoms with Crippen molar-refractivity contribution in [2.45, 2.75) is 40.5 Å². The second kappa shape index (κ2) is 15.1. The van der Waals surface area contributed by atoms with Gasteiger partial charge in [0.05, 0.1) is 17.8 Å². The molecule has 9 nitrogen and oxygen atoms in total. The molecule has 1 aliphatic heterocycles. The highest BCUT2D eigenvalue weighted by Crippen LogP contribution is 2.51. The van der Waals surface area contributed by atoms with Crippen molar-refractivity contribution >= 4 is 42.1 Å². The molecule has 2 aromatic rings. The van der Waals surface area contributed by atoms with Crippen LogP contribution < -0.4 is 10.6 Å². The SMILES string of the molecule is CCOP(=O)(CC(CC(C)C)C(=O)NCC[C@H](C)C(=O)NC)CN1C(=O)C(c2ccccc2)=C(c2ccccc2)C1=O. The van der Waals surface area contributed by atoms with Crippen LogP contribution in [0.15, 0.2) is 60.7 Å². The molecule has 3 atom stereocenters. The Labute approximate surface area is 248 Å². The molecule has 0 bridgehead atoms. The third-order valence-electron chi connectivity index (χ3n) is 7.21. The average Bonchev–Trinajstić information content (AvgIpc) is 3.21. The molecule has 1 heterocycles. The van der Waals surface area contributed by atoms with E-state index in [2.05, 4.69) is 10.6 Å². The third-order valence-corrected chi connectivity index (χ3v) is 9.65. The smallest absolute Gasteiger partial charge is 0.262 e. The molecule has 226 valence electrons. The maximum atomic E-state index is 14.3. The van der Waals surface area contributed by atoms with E-state index in [9.17, 15) is 23.7 Å². The van der Waals surface area contributed by atoms with Crippen molar-refractivity contribution in [1.29, 1.82) is 0 Å². The molecule has 0 aromatic heterocycles. The van der Waals surface area contributed by atoms with Crippen molar-refractivity contribution in [2.75, 3.05) is 32.6 Å². The number of carbonyl (C=O) groups excluding carboxylic acids is 4. The van der Waals surface area contributed by atoms with Crippen molar-refractivity contribution in [3.05, 3.63) is 71.8 Å². The Bertz CT molecular complexity index is 1280. The fourth-order valence-electron chi connectivity index (χ4n) is 5.15. The molecule has 0 saturated heterocycles. The number of hydrogen-bond donors (Lipinski definition) is 2. The minimum atomic E-state index is -3.68. The van der Waals surface area contributed by atoms with E-state index in [4.69, 9.17) is 4.52 Å². The molecule has 4 amide bonds. The quantitative estimate of drug-likeness (QED) is 0.226. The van der Waals surface area contributed by atoms with Gasteiger partial charge < -0.3 is 15.2 Å². The van der Waals surface area contributed by atoms with Gasteiger partial charge in [0.1, 0.15) is 6.29 Å². The van der Waals surface area contributed by atoms with E-state index in [0.29, 0.717) is 24.0 Å². The normalized spacial score (nSPS) is 16.4. The highest BCUT2D eigenvalue weighted by atomic mass is 31.2. The van der Waals surface area contributed by atoms with Crippen LogP contribution in [0, 0.1) is 17.8 Å². The van der Waals surface area contributed by atoms with Crippen LogP contribution in [0.5, 0.6) is 0 Å². The van der Waals surface area contributed by atoms with E-state index < -0.39 is 31.4 Å². The van der Waals surface area contributed by atoms with Gasteiger partial charge in [-0.3, -0.25) is 28.6 Å². The second-order valence-electron chi connectivity index (χ2n) is 11.0. The van der Waals surface area contributed by atoms with Crippen LogP contribution in [0.3, 0.4) is 0 Å². The first-order valence-corrected chi connectivity index (χ1v) is 16.4. The zero-order chi connectivity index (χ0) is 30.9. The lowest BCUT2D eigenvalue weighted by atomic mass is 9.96. The zero-order valence-corrected chi connectivity index (χ0v) is 26.0. The predicted octanol–water partition coefficient (Wildman–Crippen LogP) is 4.79. The number of nitrogens with zero attached hydrogens (tertiary/aromatic N) is 1. The van der Waals surface area contributed by atoms with Gasteiger partial charge in [0.25, 0.3) is 11.8 Å². The van der Waals surface area contributed by atoms with Gasteiger partial charge in [-0.15, -0.1) is 0 Å². The first-order valence-electron chi connectivity index (χ1n) is 14.4. The Morgan fingerprint density at radius 2 is 1.40 bits per heavy atom. The number of nitrogens with one attached hydrogen (secondary N) is 2. The van der Waals surface area contributed by atoms with Gasteiger partial charge in [-0.25, -0.2) is 0 Å². The maximum absolute atomic E-state index is 14.3. The molecule has 2 N–H and O–H groups in total. The summed E-state index contributed by atoms with van der Waals surface area (Å²) in [5.41, 5.74) is 1.67. The third kappa shape index (κ3) is 8.26. The summed E-state index contributed by atoms with van der Waals surface area (Å²) >= 11 is 0. The van der Waals surface area contributed by atoms with Crippen LogP contribution in [0.2, 0.25) is 0 Å². The summed E-state index contributed by atoms with van der Waals surface area (Å²) in [4.78, 5) is 53.8. The van der Waals surface area contributed by atoms with Crippen LogP contribution in [-0.2, 0) is 28.3 Å². The highest BCUT2D eigenvalue weighted by Gasteiger charge is 2.44. The van der Waals surface area contributed by atoms with E-state index in [1.54, 1.807) is 69.4 Å². The Balaban J connectivity index is 1.87. The number of hydrogen-bond acceptors (Lipinski definition) is 6. The molecule has 3 rings (SSSR count). The zero-order valence-electron chi connectivity index (χ0n) is 25.1. The van der Waals surface area contributed by atoms with E-state index in [-0.39, 0.29) is 54.1 Å². The van der Waals surface area contributed by atoms with E-state index in [1.807, 2.05) is 26.0 Å². The van der Waals surface area contributed by atoms with Crippen LogP contribution in [-0.4, -0.2) is 61.2 Å². The fraction of sp³-hybridized carbons (Fsp3) is 0.438. The van der Waals surface area contributed by atoms with Crippen LogP contribution in [0.4, 0.5) is 0 Å². The summed E-state index contributed by atoms with van der Waals surface area (Å²) in [6.07, 6.45) is 0.351. The van der Waals surface area contributed by atoms with Crippen molar-refractivity contribution < 1.29 is 28.3 Å². The van der Waals surface area contributed by atoms with E-state index >= 15 is 0 Å². The summed E-state index contributed by atoms with van der Waals surface area (Å²) in [5, 5.41) is 5.48. The van der Waals surface area contributed by atoms with Crippen LogP contribution in [0.25, 0.3) is 11.1 Å². The van der Waals surface area contributed by atoms with Gasteiger partial charge in [-0.1, -0.05) is 81.4 Å². The fourth-order valence-corrected chi connectivity index (χ4v) is 7.60. The van der Waals surface area contributed by atoms with Crippen molar-refractivity contribution in [1.82, 2.24) is 15.5 Å². The Morgan fingerprint density at radius 1 is 0.881 bits per heavy atom. The summed E-state index contributed by atoms with van der Waals surface area (Å²) in [6, 6.07) is 17.9. The Morgan fingerprint density at radius 3 is 1.86 bits per heavy atom. The van der Waals surface area contributed by atoms with Crippen LogP contribution in [0.1, 0.15) is 51.7 Å². The van der Waals surface area contributed by atoms with Gasteiger partial charge in [0.2, 0.25) is 19.2 Å². The molecule has 0 spiro atoms. The largest absolute Gasteiger partial charge is 0.359 e. The summed E-state index contributed by atoms with van der Waals surface area (Å²) < 4.78 is 20.1. The lowest BCUT2D eigenvalue weighted by molar-refractivity contribution is -0.135. The molecule has 0 aliphatic carbocycles. The molecule has 42 heavy (non-hydrogen) atoms. The van der Waals surface area contributed by atoms with Gasteiger partial charge in [-0.05, 0) is 36.8 Å². The molecule has 0 saturated carbocycles.